The molecule has 1 N–H and O–H groups in total. The van der Waals surface area contributed by atoms with Crippen LogP contribution in [0.2, 0.25) is 0 Å². The summed E-state index contributed by atoms with van der Waals surface area (Å²) in [7, 11) is 0. The van der Waals surface area contributed by atoms with Crippen LogP contribution in [0.15, 0.2) is 35.4 Å². The fourth-order valence-electron chi connectivity index (χ4n) is 3.61. The molecule has 4 rings (SSSR count). The van der Waals surface area contributed by atoms with Gasteiger partial charge in [0.15, 0.2) is 11.5 Å². The minimum absolute atomic E-state index is 0.128. The fraction of sp³-hybridized carbons (Fsp3) is 0.368. The van der Waals surface area contributed by atoms with E-state index in [4.69, 9.17) is 0 Å². The third-order valence-corrected chi connectivity index (χ3v) is 4.97. The second kappa shape index (κ2) is 7.21. The average molecular weight is 363 g/mol. The number of aryl methyl sites for hydroxylation is 1. The molecule has 0 saturated carbocycles. The molecule has 0 bridgehead atoms. The molecule has 138 valence electrons. The zero-order valence-corrected chi connectivity index (χ0v) is 15.2. The highest BCUT2D eigenvalue weighted by Gasteiger charge is 2.22. The Labute approximate surface area is 156 Å². The van der Waals surface area contributed by atoms with E-state index in [2.05, 4.69) is 26.3 Å². The van der Waals surface area contributed by atoms with Crippen molar-refractivity contribution in [1.82, 2.24) is 24.4 Å². The first-order chi connectivity index (χ1) is 13.2. The smallest absolute Gasteiger partial charge is 0.330 e. The van der Waals surface area contributed by atoms with Gasteiger partial charge in [0.2, 0.25) is 0 Å². The van der Waals surface area contributed by atoms with Crippen LogP contribution in [0.1, 0.15) is 18.1 Å². The molecule has 1 saturated heterocycles. The SMILES string of the molecule is CCn1c(=O)n(Cc2ccccc2C#N)c2ncnc(N3CCNCC3)c21. The van der Waals surface area contributed by atoms with E-state index in [-0.39, 0.29) is 5.69 Å². The number of aromatic nitrogens is 4. The first-order valence-corrected chi connectivity index (χ1v) is 9.12. The molecule has 0 unspecified atom stereocenters. The van der Waals surface area contributed by atoms with Gasteiger partial charge in [-0.1, -0.05) is 18.2 Å². The van der Waals surface area contributed by atoms with Crippen LogP contribution in [0.5, 0.6) is 0 Å². The molecule has 0 spiro atoms. The molecule has 27 heavy (non-hydrogen) atoms. The molecule has 3 aromatic rings. The van der Waals surface area contributed by atoms with Crippen LogP contribution in [-0.2, 0) is 13.1 Å². The molecule has 1 fully saturated rings. The summed E-state index contributed by atoms with van der Waals surface area (Å²) in [6.45, 7) is 6.25. The zero-order chi connectivity index (χ0) is 18.8. The van der Waals surface area contributed by atoms with Crippen molar-refractivity contribution >= 4 is 17.0 Å². The molecule has 1 aliphatic heterocycles. The predicted molar refractivity (Wildman–Crippen MR) is 103 cm³/mol. The van der Waals surface area contributed by atoms with E-state index in [1.807, 2.05) is 25.1 Å². The van der Waals surface area contributed by atoms with Gasteiger partial charge in [0.25, 0.3) is 0 Å². The van der Waals surface area contributed by atoms with Crippen LogP contribution in [-0.4, -0.2) is 45.3 Å². The lowest BCUT2D eigenvalue weighted by molar-refractivity contribution is 0.584. The Morgan fingerprint density at radius 3 is 2.70 bits per heavy atom. The second-order valence-corrected chi connectivity index (χ2v) is 6.49. The first-order valence-electron chi connectivity index (χ1n) is 9.12. The van der Waals surface area contributed by atoms with E-state index in [0.29, 0.717) is 24.3 Å². The summed E-state index contributed by atoms with van der Waals surface area (Å²) in [6, 6.07) is 9.54. The van der Waals surface area contributed by atoms with Crippen LogP contribution in [0.25, 0.3) is 11.2 Å². The quantitative estimate of drug-likeness (QED) is 0.742. The molecule has 1 aliphatic rings. The second-order valence-electron chi connectivity index (χ2n) is 6.49. The number of hydrogen-bond acceptors (Lipinski definition) is 6. The molecule has 3 heterocycles. The van der Waals surface area contributed by atoms with Gasteiger partial charge in [-0.25, -0.2) is 14.8 Å². The number of hydrogen-bond donors (Lipinski definition) is 1. The van der Waals surface area contributed by atoms with E-state index in [0.717, 1.165) is 43.1 Å². The molecule has 1 aromatic carbocycles. The minimum Gasteiger partial charge on any atom is -0.352 e. The normalized spacial score (nSPS) is 14.4. The van der Waals surface area contributed by atoms with Crippen LogP contribution in [0.4, 0.5) is 5.82 Å². The number of nitrogens with zero attached hydrogens (tertiary/aromatic N) is 6. The third-order valence-electron chi connectivity index (χ3n) is 4.97. The lowest BCUT2D eigenvalue weighted by atomic mass is 10.1. The first kappa shape index (κ1) is 17.2. The van der Waals surface area contributed by atoms with Gasteiger partial charge in [0.1, 0.15) is 11.8 Å². The highest BCUT2D eigenvalue weighted by Crippen LogP contribution is 2.23. The van der Waals surface area contributed by atoms with Gasteiger partial charge >= 0.3 is 5.69 Å². The highest BCUT2D eigenvalue weighted by atomic mass is 16.1. The van der Waals surface area contributed by atoms with Gasteiger partial charge in [-0.15, -0.1) is 0 Å². The number of benzene rings is 1. The van der Waals surface area contributed by atoms with Crippen LogP contribution in [0.3, 0.4) is 0 Å². The summed E-state index contributed by atoms with van der Waals surface area (Å²) in [5.74, 6) is 0.799. The van der Waals surface area contributed by atoms with Crippen molar-refractivity contribution in [3.63, 3.8) is 0 Å². The summed E-state index contributed by atoms with van der Waals surface area (Å²) in [6.07, 6.45) is 1.52. The molecule has 0 atom stereocenters. The number of rotatable bonds is 4. The molecular weight excluding hydrogens is 342 g/mol. The molecule has 0 radical (unpaired) electrons. The van der Waals surface area contributed by atoms with Crippen molar-refractivity contribution in [3.05, 3.63) is 52.2 Å². The Balaban J connectivity index is 1.88. The van der Waals surface area contributed by atoms with Crippen LogP contribution in [0, 0.1) is 11.3 Å². The van der Waals surface area contributed by atoms with Crippen molar-refractivity contribution in [2.45, 2.75) is 20.0 Å². The predicted octanol–water partition coefficient (Wildman–Crippen LogP) is 0.942. The van der Waals surface area contributed by atoms with Crippen molar-refractivity contribution < 1.29 is 0 Å². The molecular formula is C19H21N7O. The third kappa shape index (κ3) is 2.96. The minimum atomic E-state index is -0.128. The highest BCUT2D eigenvalue weighted by molar-refractivity contribution is 5.84. The van der Waals surface area contributed by atoms with E-state index < -0.39 is 0 Å². The largest absolute Gasteiger partial charge is 0.352 e. The van der Waals surface area contributed by atoms with Gasteiger partial charge in [0, 0.05) is 32.7 Å². The summed E-state index contributed by atoms with van der Waals surface area (Å²) in [5, 5.41) is 12.7. The van der Waals surface area contributed by atoms with Gasteiger partial charge in [-0.3, -0.25) is 9.13 Å². The Hall–Kier alpha value is -3.18. The topological polar surface area (TPSA) is 91.8 Å². The Bertz CT molecular complexity index is 1070. The van der Waals surface area contributed by atoms with Crippen LogP contribution < -0.4 is 15.9 Å². The fourth-order valence-corrected chi connectivity index (χ4v) is 3.61. The van der Waals surface area contributed by atoms with Crippen molar-refractivity contribution in [1.29, 1.82) is 5.26 Å². The molecule has 0 aliphatic carbocycles. The number of nitrogens with one attached hydrogen (secondary N) is 1. The van der Waals surface area contributed by atoms with Gasteiger partial charge < -0.3 is 10.2 Å². The van der Waals surface area contributed by atoms with Gasteiger partial charge in [0.05, 0.1) is 18.2 Å². The van der Waals surface area contributed by atoms with E-state index in [1.165, 1.54) is 6.33 Å². The van der Waals surface area contributed by atoms with Crippen LogP contribution >= 0.6 is 0 Å². The number of nitriles is 1. The summed E-state index contributed by atoms with van der Waals surface area (Å²) >= 11 is 0. The molecule has 2 aromatic heterocycles. The molecule has 8 nitrogen and oxygen atoms in total. The number of imidazole rings is 1. The maximum absolute atomic E-state index is 13.1. The Morgan fingerprint density at radius 2 is 1.96 bits per heavy atom. The van der Waals surface area contributed by atoms with E-state index in [9.17, 15) is 10.1 Å². The van der Waals surface area contributed by atoms with Gasteiger partial charge in [-0.05, 0) is 18.6 Å². The number of anilines is 1. The summed E-state index contributed by atoms with van der Waals surface area (Å²) in [4.78, 5) is 24.2. The zero-order valence-electron chi connectivity index (χ0n) is 15.2. The van der Waals surface area contributed by atoms with Crippen molar-refractivity contribution in [2.75, 3.05) is 31.1 Å². The number of piperazine rings is 1. The lowest BCUT2D eigenvalue weighted by Crippen LogP contribution is -2.44. The maximum Gasteiger partial charge on any atom is 0.330 e. The Kier molecular flexibility index (Phi) is 4.60. The van der Waals surface area contributed by atoms with Crippen molar-refractivity contribution in [3.8, 4) is 6.07 Å². The lowest BCUT2D eigenvalue weighted by Gasteiger charge is -2.28. The maximum atomic E-state index is 13.1. The Morgan fingerprint density at radius 1 is 1.19 bits per heavy atom. The van der Waals surface area contributed by atoms with E-state index in [1.54, 1.807) is 15.2 Å². The molecule has 0 amide bonds. The standard InChI is InChI=1S/C19H21N7O/c1-2-25-16-17(24-9-7-21-8-10-24)22-13-23-18(16)26(19(25)27)12-15-6-4-3-5-14(15)11-20/h3-6,13,21H,2,7-10,12H2,1H3. The molecule has 8 heteroatoms. The van der Waals surface area contributed by atoms with E-state index >= 15 is 0 Å². The summed E-state index contributed by atoms with van der Waals surface area (Å²) in [5.41, 5.74) is 2.62. The van der Waals surface area contributed by atoms with Gasteiger partial charge in [-0.2, -0.15) is 5.26 Å². The monoisotopic (exact) mass is 363 g/mol. The average Bonchev–Trinajstić information content (AvgIpc) is 3.00. The summed E-state index contributed by atoms with van der Waals surface area (Å²) < 4.78 is 3.37. The number of fused-ring (bicyclic) bond motifs is 1. The van der Waals surface area contributed by atoms with Crippen molar-refractivity contribution in [2.24, 2.45) is 0 Å².